The molecule has 0 bridgehead atoms. The van der Waals surface area contributed by atoms with Crippen LogP contribution in [0.5, 0.6) is 5.75 Å². The number of ether oxygens (including phenoxy) is 1. The van der Waals surface area contributed by atoms with Crippen LogP contribution < -0.4 is 10.5 Å². The van der Waals surface area contributed by atoms with Crippen molar-refractivity contribution < 1.29 is 14.1 Å². The zero-order chi connectivity index (χ0) is 16.1. The van der Waals surface area contributed by atoms with Gasteiger partial charge < -0.3 is 19.9 Å². The molecule has 1 aromatic heterocycles. The molecule has 118 valence electrons. The van der Waals surface area contributed by atoms with Crippen LogP contribution in [0.1, 0.15) is 34.6 Å². The molecule has 6 heteroatoms. The van der Waals surface area contributed by atoms with Crippen LogP contribution in [0, 0.1) is 6.92 Å². The standard InChI is InChI=1S/C16H21N3O3/c1-11-4-5-13(10-15(11)21-9-7-17)16(20)19(3)12(2)14-6-8-22-18-14/h4-6,8,10,12H,7,9,17H2,1-3H3. The number of rotatable bonds is 6. The molecular weight excluding hydrogens is 282 g/mol. The van der Waals surface area contributed by atoms with Crippen LogP contribution in [-0.4, -0.2) is 36.2 Å². The molecule has 0 aliphatic rings. The molecule has 2 N–H and O–H groups in total. The van der Waals surface area contributed by atoms with Crippen LogP contribution in [0.25, 0.3) is 0 Å². The average molecular weight is 303 g/mol. The molecule has 1 aromatic carbocycles. The Morgan fingerprint density at radius 1 is 1.45 bits per heavy atom. The molecule has 0 spiro atoms. The molecule has 0 radical (unpaired) electrons. The van der Waals surface area contributed by atoms with Gasteiger partial charge in [-0.1, -0.05) is 11.2 Å². The number of hydrogen-bond acceptors (Lipinski definition) is 5. The van der Waals surface area contributed by atoms with Crippen molar-refractivity contribution in [2.45, 2.75) is 19.9 Å². The molecule has 0 saturated heterocycles. The zero-order valence-electron chi connectivity index (χ0n) is 13.1. The number of benzene rings is 1. The Balaban J connectivity index is 2.18. The fourth-order valence-corrected chi connectivity index (χ4v) is 2.07. The van der Waals surface area contributed by atoms with E-state index in [0.717, 1.165) is 5.56 Å². The smallest absolute Gasteiger partial charge is 0.254 e. The van der Waals surface area contributed by atoms with Gasteiger partial charge in [-0.3, -0.25) is 4.79 Å². The van der Waals surface area contributed by atoms with E-state index in [9.17, 15) is 4.79 Å². The predicted octanol–water partition coefficient (Wildman–Crippen LogP) is 2.15. The Kier molecular flexibility index (Phi) is 5.16. The van der Waals surface area contributed by atoms with Gasteiger partial charge in [0.15, 0.2) is 0 Å². The summed E-state index contributed by atoms with van der Waals surface area (Å²) in [5.41, 5.74) is 7.70. The lowest BCUT2D eigenvalue weighted by molar-refractivity contribution is 0.0737. The summed E-state index contributed by atoms with van der Waals surface area (Å²) in [4.78, 5) is 14.2. The molecule has 2 aromatic rings. The molecule has 0 aliphatic heterocycles. The van der Waals surface area contributed by atoms with Crippen LogP contribution in [0.4, 0.5) is 0 Å². The van der Waals surface area contributed by atoms with E-state index >= 15 is 0 Å². The number of carbonyl (C=O) groups is 1. The predicted molar refractivity (Wildman–Crippen MR) is 82.7 cm³/mol. The minimum absolute atomic E-state index is 0.104. The van der Waals surface area contributed by atoms with Crippen molar-refractivity contribution in [2.75, 3.05) is 20.2 Å². The summed E-state index contributed by atoms with van der Waals surface area (Å²) in [6.07, 6.45) is 1.49. The Labute approximate surface area is 129 Å². The van der Waals surface area contributed by atoms with Gasteiger partial charge in [0.1, 0.15) is 24.3 Å². The van der Waals surface area contributed by atoms with Crippen molar-refractivity contribution in [3.63, 3.8) is 0 Å². The highest BCUT2D eigenvalue weighted by molar-refractivity contribution is 5.94. The Hall–Kier alpha value is -2.34. The number of nitrogens with zero attached hydrogens (tertiary/aromatic N) is 2. The van der Waals surface area contributed by atoms with E-state index in [-0.39, 0.29) is 11.9 Å². The van der Waals surface area contributed by atoms with E-state index in [1.807, 2.05) is 19.9 Å². The third kappa shape index (κ3) is 3.46. The van der Waals surface area contributed by atoms with Crippen molar-refractivity contribution in [3.05, 3.63) is 47.3 Å². The number of aryl methyl sites for hydroxylation is 1. The number of nitrogens with two attached hydrogens (primary N) is 1. The SMILES string of the molecule is Cc1ccc(C(=O)N(C)C(C)c2ccon2)cc1OCCN. The maximum absolute atomic E-state index is 12.6. The van der Waals surface area contributed by atoms with Crippen molar-refractivity contribution in [3.8, 4) is 5.75 Å². The van der Waals surface area contributed by atoms with Gasteiger partial charge in [0, 0.05) is 25.2 Å². The minimum atomic E-state index is -0.180. The number of hydrogen-bond donors (Lipinski definition) is 1. The van der Waals surface area contributed by atoms with Crippen LogP contribution in [0.3, 0.4) is 0 Å². The fraction of sp³-hybridized carbons (Fsp3) is 0.375. The van der Waals surface area contributed by atoms with E-state index in [0.29, 0.717) is 30.2 Å². The summed E-state index contributed by atoms with van der Waals surface area (Å²) in [5, 5.41) is 3.88. The lowest BCUT2D eigenvalue weighted by Crippen LogP contribution is -2.29. The summed E-state index contributed by atoms with van der Waals surface area (Å²) >= 11 is 0. The maximum Gasteiger partial charge on any atom is 0.254 e. The van der Waals surface area contributed by atoms with Crippen molar-refractivity contribution in [2.24, 2.45) is 5.73 Å². The largest absolute Gasteiger partial charge is 0.492 e. The second kappa shape index (κ2) is 7.09. The van der Waals surface area contributed by atoms with Crippen LogP contribution in [0.2, 0.25) is 0 Å². The summed E-state index contributed by atoms with van der Waals surface area (Å²) in [6, 6.07) is 6.98. The first kappa shape index (κ1) is 16.0. The lowest BCUT2D eigenvalue weighted by atomic mass is 10.1. The summed E-state index contributed by atoms with van der Waals surface area (Å²) in [5.74, 6) is 0.576. The normalized spacial score (nSPS) is 12.0. The monoisotopic (exact) mass is 303 g/mol. The second-order valence-electron chi connectivity index (χ2n) is 5.13. The van der Waals surface area contributed by atoms with Crippen molar-refractivity contribution in [1.82, 2.24) is 10.1 Å². The van der Waals surface area contributed by atoms with E-state index in [1.54, 1.807) is 30.1 Å². The van der Waals surface area contributed by atoms with E-state index < -0.39 is 0 Å². The fourth-order valence-electron chi connectivity index (χ4n) is 2.07. The van der Waals surface area contributed by atoms with Gasteiger partial charge in [-0.15, -0.1) is 0 Å². The molecule has 2 rings (SSSR count). The van der Waals surface area contributed by atoms with Gasteiger partial charge in [-0.25, -0.2) is 0 Å². The minimum Gasteiger partial charge on any atom is -0.492 e. The van der Waals surface area contributed by atoms with Crippen LogP contribution in [0.15, 0.2) is 35.1 Å². The lowest BCUT2D eigenvalue weighted by Gasteiger charge is -2.23. The van der Waals surface area contributed by atoms with Gasteiger partial charge in [0.05, 0.1) is 6.04 Å². The second-order valence-corrected chi connectivity index (χ2v) is 5.13. The van der Waals surface area contributed by atoms with Gasteiger partial charge in [-0.2, -0.15) is 0 Å². The molecular formula is C16H21N3O3. The zero-order valence-corrected chi connectivity index (χ0v) is 13.1. The van der Waals surface area contributed by atoms with Gasteiger partial charge in [0.25, 0.3) is 5.91 Å². The van der Waals surface area contributed by atoms with Crippen LogP contribution >= 0.6 is 0 Å². The summed E-state index contributed by atoms with van der Waals surface area (Å²) < 4.78 is 10.4. The molecule has 0 fully saturated rings. The summed E-state index contributed by atoms with van der Waals surface area (Å²) in [7, 11) is 1.74. The van der Waals surface area contributed by atoms with Gasteiger partial charge >= 0.3 is 0 Å². The molecule has 1 unspecified atom stereocenters. The topological polar surface area (TPSA) is 81.6 Å². The third-order valence-corrected chi connectivity index (χ3v) is 3.60. The molecule has 1 heterocycles. The van der Waals surface area contributed by atoms with E-state index in [1.165, 1.54) is 6.26 Å². The first-order valence-electron chi connectivity index (χ1n) is 7.15. The number of aromatic nitrogens is 1. The first-order valence-corrected chi connectivity index (χ1v) is 7.15. The van der Waals surface area contributed by atoms with Crippen LogP contribution in [-0.2, 0) is 0 Å². The van der Waals surface area contributed by atoms with Gasteiger partial charge in [0.2, 0.25) is 0 Å². The molecule has 0 aliphatic carbocycles. The third-order valence-electron chi connectivity index (χ3n) is 3.60. The summed E-state index contributed by atoms with van der Waals surface area (Å²) in [6.45, 7) is 4.68. The van der Waals surface area contributed by atoms with E-state index in [4.69, 9.17) is 15.0 Å². The van der Waals surface area contributed by atoms with Crippen molar-refractivity contribution in [1.29, 1.82) is 0 Å². The van der Waals surface area contributed by atoms with E-state index in [2.05, 4.69) is 5.16 Å². The molecule has 6 nitrogen and oxygen atoms in total. The van der Waals surface area contributed by atoms with Gasteiger partial charge in [-0.05, 0) is 31.5 Å². The maximum atomic E-state index is 12.6. The molecule has 1 atom stereocenters. The number of amides is 1. The Morgan fingerprint density at radius 3 is 2.86 bits per heavy atom. The highest BCUT2D eigenvalue weighted by Gasteiger charge is 2.21. The highest BCUT2D eigenvalue weighted by Crippen LogP contribution is 2.23. The molecule has 22 heavy (non-hydrogen) atoms. The molecule has 1 amide bonds. The first-order chi connectivity index (χ1) is 10.5. The number of carbonyl (C=O) groups excluding carboxylic acids is 1. The van der Waals surface area contributed by atoms with Crippen molar-refractivity contribution >= 4 is 5.91 Å². The quantitative estimate of drug-likeness (QED) is 0.884. The molecule has 0 saturated carbocycles. The average Bonchev–Trinajstić information content (AvgIpc) is 3.06. The Bertz CT molecular complexity index is 626. The Morgan fingerprint density at radius 2 is 2.23 bits per heavy atom. The highest BCUT2D eigenvalue weighted by atomic mass is 16.5.